The first-order valence-electron chi connectivity index (χ1n) is 8.54. The van der Waals surface area contributed by atoms with Gasteiger partial charge in [0.25, 0.3) is 0 Å². The van der Waals surface area contributed by atoms with Gasteiger partial charge in [0, 0.05) is 12.6 Å². The number of fused-ring (bicyclic) bond motifs is 1. The molecular weight excluding hydrogens is 278 g/mol. The van der Waals surface area contributed by atoms with E-state index in [0.717, 1.165) is 30.9 Å². The van der Waals surface area contributed by atoms with E-state index in [1.54, 1.807) is 0 Å². The van der Waals surface area contributed by atoms with Crippen molar-refractivity contribution in [3.8, 4) is 11.5 Å². The highest BCUT2D eigenvalue weighted by molar-refractivity contribution is 5.44. The average molecular weight is 309 g/mol. The molecule has 0 aromatic heterocycles. The maximum atomic E-state index is 5.75. The zero-order chi connectivity index (χ0) is 16.4. The lowest BCUT2D eigenvalue weighted by Gasteiger charge is -2.22. The molecule has 3 rings (SSSR count). The highest BCUT2D eigenvalue weighted by atomic mass is 16.7. The molecule has 126 valence electrons. The van der Waals surface area contributed by atoms with Gasteiger partial charge < -0.3 is 19.5 Å². The summed E-state index contributed by atoms with van der Waals surface area (Å²) in [6, 6.07) is 6.53. The molecule has 0 aliphatic carbocycles. The van der Waals surface area contributed by atoms with Crippen LogP contribution in [0.1, 0.15) is 46.1 Å². The topological polar surface area (TPSA) is 39.7 Å². The van der Waals surface area contributed by atoms with Crippen molar-refractivity contribution in [2.45, 2.75) is 59.1 Å². The molecule has 0 amide bonds. The zero-order valence-corrected chi connectivity index (χ0v) is 14.6. The van der Waals surface area contributed by atoms with Gasteiger partial charge in [-0.05, 0) is 44.0 Å². The largest absolute Gasteiger partial charge is 0.454 e. The van der Waals surface area contributed by atoms with Gasteiger partial charge in [-0.15, -0.1) is 0 Å². The summed E-state index contributed by atoms with van der Waals surface area (Å²) in [4.78, 5) is 0. The van der Waals surface area contributed by atoms with Crippen LogP contribution in [0.4, 0.5) is 0 Å². The number of hydrogen-bond donors (Lipinski definition) is 1. The van der Waals surface area contributed by atoms with Crippen molar-refractivity contribution < 1.29 is 14.2 Å². The highest BCUT2D eigenvalue weighted by Crippen LogP contribution is 2.33. The highest BCUT2D eigenvalue weighted by Gasteiger charge is 2.25. The third-order valence-electron chi connectivity index (χ3n) is 3.68. The van der Waals surface area contributed by atoms with E-state index in [1.807, 2.05) is 40.8 Å². The summed E-state index contributed by atoms with van der Waals surface area (Å²) < 4.78 is 16.5. The van der Waals surface area contributed by atoms with Crippen LogP contribution < -0.4 is 14.8 Å². The molecule has 0 radical (unpaired) electrons. The number of hydrogen-bond acceptors (Lipinski definition) is 4. The van der Waals surface area contributed by atoms with E-state index < -0.39 is 0 Å². The lowest BCUT2D eigenvalue weighted by molar-refractivity contribution is 0.0808. The minimum atomic E-state index is 0.333. The van der Waals surface area contributed by atoms with Crippen LogP contribution in [0.5, 0.6) is 11.5 Å². The van der Waals surface area contributed by atoms with Crippen molar-refractivity contribution >= 4 is 0 Å². The minimum absolute atomic E-state index is 0.333. The maximum Gasteiger partial charge on any atom is 0.231 e. The van der Waals surface area contributed by atoms with Crippen LogP contribution in [0, 0.1) is 0 Å². The predicted molar refractivity (Wildman–Crippen MR) is 90.8 cm³/mol. The summed E-state index contributed by atoms with van der Waals surface area (Å²) in [6.07, 6.45) is 3.61. The van der Waals surface area contributed by atoms with Gasteiger partial charge in [0.1, 0.15) is 0 Å². The summed E-state index contributed by atoms with van der Waals surface area (Å²) in [5, 5.41) is 3.36. The summed E-state index contributed by atoms with van der Waals surface area (Å²) >= 11 is 0. The van der Waals surface area contributed by atoms with Crippen LogP contribution in [0.15, 0.2) is 18.2 Å². The van der Waals surface area contributed by atoms with Crippen molar-refractivity contribution in [3.05, 3.63) is 23.8 Å². The molecule has 1 saturated heterocycles. The number of nitrogens with one attached hydrogen (secondary N) is 1. The molecule has 0 bridgehead atoms. The fraction of sp³-hybridized carbons (Fsp3) is 0.667. The van der Waals surface area contributed by atoms with Crippen LogP contribution in [-0.2, 0) is 11.2 Å². The molecule has 1 fully saturated rings. The number of ether oxygens (including phenoxy) is 3. The van der Waals surface area contributed by atoms with E-state index in [0.29, 0.717) is 18.9 Å². The SMILES string of the molecule is CC.CC.CNC(Cc1ccc2c(c1)OCO2)C1CCCO1. The molecule has 0 spiro atoms. The van der Waals surface area contributed by atoms with Crippen LogP contribution in [0.2, 0.25) is 0 Å². The van der Waals surface area contributed by atoms with Crippen LogP contribution in [0.3, 0.4) is 0 Å². The molecule has 1 aromatic rings. The van der Waals surface area contributed by atoms with E-state index in [-0.39, 0.29) is 0 Å². The molecule has 22 heavy (non-hydrogen) atoms. The first-order valence-corrected chi connectivity index (χ1v) is 8.54. The van der Waals surface area contributed by atoms with Crippen molar-refractivity contribution in [1.29, 1.82) is 0 Å². The molecule has 1 aromatic carbocycles. The molecule has 0 saturated carbocycles. The van der Waals surface area contributed by atoms with Gasteiger partial charge in [0.05, 0.1) is 6.10 Å². The van der Waals surface area contributed by atoms with Crippen LogP contribution in [-0.4, -0.2) is 32.6 Å². The van der Waals surface area contributed by atoms with E-state index in [2.05, 4.69) is 17.4 Å². The van der Waals surface area contributed by atoms with E-state index in [9.17, 15) is 0 Å². The van der Waals surface area contributed by atoms with E-state index in [1.165, 1.54) is 12.0 Å². The molecule has 2 aliphatic heterocycles. The summed E-state index contributed by atoms with van der Waals surface area (Å²) in [5.41, 5.74) is 1.26. The molecule has 2 unspecified atom stereocenters. The molecule has 1 N–H and O–H groups in total. The summed E-state index contributed by atoms with van der Waals surface area (Å²) in [6.45, 7) is 9.23. The molecule has 2 atom stereocenters. The second-order valence-electron chi connectivity index (χ2n) is 4.84. The lowest BCUT2D eigenvalue weighted by atomic mass is 9.99. The Morgan fingerprint density at radius 1 is 1.14 bits per heavy atom. The molecule has 4 nitrogen and oxygen atoms in total. The fourth-order valence-corrected chi connectivity index (χ4v) is 2.66. The second-order valence-corrected chi connectivity index (χ2v) is 4.84. The third kappa shape index (κ3) is 4.89. The Morgan fingerprint density at radius 3 is 2.50 bits per heavy atom. The van der Waals surface area contributed by atoms with Crippen molar-refractivity contribution in [2.24, 2.45) is 0 Å². The van der Waals surface area contributed by atoms with Gasteiger partial charge in [-0.3, -0.25) is 0 Å². The van der Waals surface area contributed by atoms with Crippen molar-refractivity contribution in [3.63, 3.8) is 0 Å². The number of rotatable bonds is 4. The Hall–Kier alpha value is -1.26. The van der Waals surface area contributed by atoms with Gasteiger partial charge in [-0.25, -0.2) is 0 Å². The third-order valence-corrected chi connectivity index (χ3v) is 3.68. The molecule has 4 heteroatoms. The van der Waals surface area contributed by atoms with Crippen LogP contribution >= 0.6 is 0 Å². The Morgan fingerprint density at radius 2 is 1.86 bits per heavy atom. The Labute approximate surface area is 135 Å². The fourth-order valence-electron chi connectivity index (χ4n) is 2.66. The first kappa shape index (κ1) is 18.8. The van der Waals surface area contributed by atoms with Gasteiger partial charge in [-0.2, -0.15) is 0 Å². The van der Waals surface area contributed by atoms with E-state index in [4.69, 9.17) is 14.2 Å². The number of likely N-dealkylation sites (N-methyl/N-ethyl adjacent to an activating group) is 1. The maximum absolute atomic E-state index is 5.75. The van der Waals surface area contributed by atoms with Gasteiger partial charge in [0.2, 0.25) is 6.79 Å². The monoisotopic (exact) mass is 309 g/mol. The smallest absolute Gasteiger partial charge is 0.231 e. The Bertz CT molecular complexity index is 417. The van der Waals surface area contributed by atoms with E-state index >= 15 is 0 Å². The Balaban J connectivity index is 0.000000561. The summed E-state index contributed by atoms with van der Waals surface area (Å²) in [5.74, 6) is 1.70. The van der Waals surface area contributed by atoms with Gasteiger partial charge >= 0.3 is 0 Å². The molecule has 2 aliphatic rings. The first-order chi connectivity index (χ1) is 10.9. The molecular formula is C18H31NO3. The second kappa shape index (κ2) is 10.5. The molecule has 2 heterocycles. The van der Waals surface area contributed by atoms with Crippen molar-refractivity contribution in [2.75, 3.05) is 20.4 Å². The average Bonchev–Trinajstić information content (AvgIpc) is 3.27. The van der Waals surface area contributed by atoms with Gasteiger partial charge in [0.15, 0.2) is 11.5 Å². The Kier molecular flexibility index (Phi) is 8.94. The zero-order valence-electron chi connectivity index (χ0n) is 14.6. The quantitative estimate of drug-likeness (QED) is 0.919. The van der Waals surface area contributed by atoms with Gasteiger partial charge in [-0.1, -0.05) is 33.8 Å². The van der Waals surface area contributed by atoms with Crippen molar-refractivity contribution in [1.82, 2.24) is 5.32 Å². The minimum Gasteiger partial charge on any atom is -0.454 e. The predicted octanol–water partition coefficient (Wildman–Crippen LogP) is 3.78. The normalized spacial score (nSPS) is 19.6. The van der Waals surface area contributed by atoms with Crippen LogP contribution in [0.25, 0.3) is 0 Å². The number of benzene rings is 1. The standard InChI is InChI=1S/C14H19NO3.2C2H6/c1-15-11(12-3-2-6-16-12)7-10-4-5-13-14(8-10)18-9-17-13;2*1-2/h4-5,8,11-12,15H,2-3,6-7,9H2,1H3;2*1-2H3. The lowest BCUT2D eigenvalue weighted by Crippen LogP contribution is -2.39. The summed E-state index contributed by atoms with van der Waals surface area (Å²) in [7, 11) is 2.00.